The van der Waals surface area contributed by atoms with Crippen LogP contribution < -0.4 is 0 Å². The number of carboxylic acid groups (broad SMARTS) is 1. The first-order chi connectivity index (χ1) is 7.90. The van der Waals surface area contributed by atoms with Gasteiger partial charge in [-0.3, -0.25) is 0 Å². The van der Waals surface area contributed by atoms with Crippen molar-refractivity contribution in [3.63, 3.8) is 0 Å². The van der Waals surface area contributed by atoms with Crippen LogP contribution in [-0.2, 0) is 14.6 Å². The van der Waals surface area contributed by atoms with E-state index in [1.807, 2.05) is 0 Å². The first-order valence-electron chi connectivity index (χ1n) is 4.58. The normalized spacial score (nSPS) is 17.5. The lowest BCUT2D eigenvalue weighted by Gasteiger charge is -1.97. The van der Waals surface area contributed by atoms with Gasteiger partial charge in [-0.05, 0) is 29.3 Å². The van der Waals surface area contributed by atoms with Gasteiger partial charge in [0.05, 0.1) is 0 Å². The van der Waals surface area contributed by atoms with Gasteiger partial charge in [0, 0.05) is 5.41 Å². The van der Waals surface area contributed by atoms with Gasteiger partial charge in [-0.25, -0.2) is 17.6 Å². The zero-order chi connectivity index (χ0) is 12.6. The third-order valence-electron chi connectivity index (χ3n) is 2.24. The van der Waals surface area contributed by atoms with Crippen LogP contribution in [0.15, 0.2) is 40.7 Å². The van der Waals surface area contributed by atoms with Crippen molar-refractivity contribution in [1.29, 1.82) is 0 Å². The van der Waals surface area contributed by atoms with Crippen molar-refractivity contribution in [3.8, 4) is 0 Å². The molecule has 2 rings (SSSR count). The Morgan fingerprint density at radius 3 is 2.53 bits per heavy atom. The molecule has 0 radical (unpaired) electrons. The quantitative estimate of drug-likeness (QED) is 0.869. The lowest BCUT2D eigenvalue weighted by Crippen LogP contribution is -2.07. The molecule has 0 fully saturated rings. The van der Waals surface area contributed by atoms with Gasteiger partial charge >= 0.3 is 5.97 Å². The maximum absolute atomic E-state index is 13.0. The summed E-state index contributed by atoms with van der Waals surface area (Å²) >= 11 is 0. The number of hydrogen-bond donors (Lipinski definition) is 1. The summed E-state index contributed by atoms with van der Waals surface area (Å²) in [6, 6.07) is 5.29. The number of allylic oxidation sites excluding steroid dienone is 2. The summed E-state index contributed by atoms with van der Waals surface area (Å²) in [6.07, 6.45) is 1.02. The van der Waals surface area contributed by atoms with Crippen LogP contribution in [0, 0.1) is 5.82 Å². The molecular weight excluding hydrogens is 247 g/mol. The first kappa shape index (κ1) is 11.5. The Balaban J connectivity index is 2.54. The molecule has 1 aliphatic heterocycles. The number of carboxylic acids is 1. The van der Waals surface area contributed by atoms with E-state index in [-0.39, 0.29) is 5.57 Å². The summed E-state index contributed by atoms with van der Waals surface area (Å²) in [5.41, 5.74) is 0.492. The third-order valence-corrected chi connectivity index (χ3v) is 3.71. The van der Waals surface area contributed by atoms with Crippen molar-refractivity contribution in [2.75, 3.05) is 0 Å². The van der Waals surface area contributed by atoms with Gasteiger partial charge < -0.3 is 5.11 Å². The standard InChI is InChI=1S/C11H7FO4S/c12-9-3-1-2-7(4-9)8-5-10(11(13)14)17(15,16)6-8/h1-6H,(H,13,14). The Bertz CT molecular complexity index is 656. The van der Waals surface area contributed by atoms with E-state index in [2.05, 4.69) is 0 Å². The molecule has 1 N–H and O–H groups in total. The molecule has 0 amide bonds. The van der Waals surface area contributed by atoms with E-state index < -0.39 is 26.5 Å². The third kappa shape index (κ3) is 2.12. The lowest BCUT2D eigenvalue weighted by molar-refractivity contribution is -0.131. The topological polar surface area (TPSA) is 71.4 Å². The van der Waals surface area contributed by atoms with Crippen molar-refractivity contribution in [2.45, 2.75) is 0 Å². The van der Waals surface area contributed by atoms with E-state index >= 15 is 0 Å². The van der Waals surface area contributed by atoms with Crippen LogP contribution in [0.5, 0.6) is 0 Å². The Hall–Kier alpha value is -1.95. The highest BCUT2D eigenvalue weighted by Crippen LogP contribution is 2.29. The average molecular weight is 254 g/mol. The Morgan fingerprint density at radius 1 is 1.29 bits per heavy atom. The number of aliphatic carboxylic acids is 1. The van der Waals surface area contributed by atoms with Gasteiger partial charge in [0.15, 0.2) is 4.91 Å². The molecule has 6 heteroatoms. The summed E-state index contributed by atoms with van der Waals surface area (Å²) in [5, 5.41) is 9.54. The molecule has 1 aliphatic rings. The number of hydrogen-bond acceptors (Lipinski definition) is 3. The van der Waals surface area contributed by atoms with E-state index in [1.165, 1.54) is 18.2 Å². The minimum absolute atomic E-state index is 0.168. The Labute approximate surface area is 96.6 Å². The fourth-order valence-electron chi connectivity index (χ4n) is 1.49. The highest BCUT2D eigenvalue weighted by Gasteiger charge is 2.28. The molecule has 0 bridgehead atoms. The minimum Gasteiger partial charge on any atom is -0.477 e. The van der Waals surface area contributed by atoms with Crippen molar-refractivity contribution < 1.29 is 22.7 Å². The molecule has 4 nitrogen and oxygen atoms in total. The number of benzene rings is 1. The molecule has 1 aromatic rings. The van der Waals surface area contributed by atoms with E-state index in [0.29, 0.717) is 5.56 Å². The fraction of sp³-hybridized carbons (Fsp3) is 0. The molecule has 1 aromatic carbocycles. The second-order valence-corrected chi connectivity index (χ2v) is 5.21. The molecule has 1 heterocycles. The van der Waals surface area contributed by atoms with Crippen molar-refractivity contribution >= 4 is 21.4 Å². The first-order valence-corrected chi connectivity index (χ1v) is 6.12. The van der Waals surface area contributed by atoms with Crippen LogP contribution in [0.2, 0.25) is 0 Å². The molecule has 88 valence electrons. The average Bonchev–Trinajstić information content (AvgIpc) is 2.54. The van der Waals surface area contributed by atoms with E-state index in [4.69, 9.17) is 5.11 Å². The fourth-order valence-corrected chi connectivity index (χ4v) is 2.69. The van der Waals surface area contributed by atoms with Gasteiger partial charge in [-0.1, -0.05) is 12.1 Å². The highest BCUT2D eigenvalue weighted by molar-refractivity contribution is 7.99. The van der Waals surface area contributed by atoms with E-state index in [0.717, 1.165) is 17.6 Å². The van der Waals surface area contributed by atoms with Gasteiger partial charge in [0.25, 0.3) is 0 Å². The molecule has 0 aromatic heterocycles. The van der Waals surface area contributed by atoms with Crippen LogP contribution in [0.3, 0.4) is 0 Å². The summed E-state index contributed by atoms with van der Waals surface area (Å²) in [6.45, 7) is 0. The van der Waals surface area contributed by atoms with Crippen molar-refractivity contribution in [3.05, 3.63) is 52.0 Å². The minimum atomic E-state index is -3.92. The van der Waals surface area contributed by atoms with Gasteiger partial charge in [0.2, 0.25) is 9.84 Å². The molecule has 0 atom stereocenters. The number of halogens is 1. The second kappa shape index (κ2) is 3.81. The Kier molecular flexibility index (Phi) is 2.59. The second-order valence-electron chi connectivity index (χ2n) is 3.44. The van der Waals surface area contributed by atoms with Gasteiger partial charge in [-0.2, -0.15) is 0 Å². The SMILES string of the molecule is O=C(O)C1=CC(c2cccc(F)c2)=CS1(=O)=O. The van der Waals surface area contributed by atoms with Crippen LogP contribution in [-0.4, -0.2) is 19.5 Å². The molecule has 0 spiro atoms. The highest BCUT2D eigenvalue weighted by atomic mass is 32.2. The maximum Gasteiger partial charge on any atom is 0.347 e. The predicted molar refractivity (Wildman–Crippen MR) is 59.0 cm³/mol. The lowest BCUT2D eigenvalue weighted by atomic mass is 10.1. The van der Waals surface area contributed by atoms with Crippen molar-refractivity contribution in [1.82, 2.24) is 0 Å². The summed E-state index contributed by atoms with van der Waals surface area (Å²) < 4.78 is 35.9. The molecule has 17 heavy (non-hydrogen) atoms. The zero-order valence-corrected chi connectivity index (χ0v) is 9.24. The smallest absolute Gasteiger partial charge is 0.347 e. The maximum atomic E-state index is 13.0. The summed E-state index contributed by atoms with van der Waals surface area (Å²) in [5.74, 6) is -2.04. The van der Waals surface area contributed by atoms with E-state index in [1.54, 1.807) is 0 Å². The molecule has 0 saturated carbocycles. The van der Waals surface area contributed by atoms with Gasteiger partial charge in [0.1, 0.15) is 5.82 Å². The largest absolute Gasteiger partial charge is 0.477 e. The van der Waals surface area contributed by atoms with Crippen LogP contribution in [0.25, 0.3) is 5.57 Å². The summed E-state index contributed by atoms with van der Waals surface area (Å²) in [4.78, 5) is 10.0. The monoisotopic (exact) mass is 254 g/mol. The number of carbonyl (C=O) groups is 1. The zero-order valence-electron chi connectivity index (χ0n) is 8.42. The summed E-state index contributed by atoms with van der Waals surface area (Å²) in [7, 11) is -3.92. The number of sulfone groups is 1. The molecule has 0 unspecified atom stereocenters. The van der Waals surface area contributed by atoms with Crippen molar-refractivity contribution in [2.24, 2.45) is 0 Å². The molecular formula is C11H7FO4S. The van der Waals surface area contributed by atoms with Crippen LogP contribution in [0.4, 0.5) is 4.39 Å². The van der Waals surface area contributed by atoms with Crippen LogP contribution in [0.1, 0.15) is 5.56 Å². The molecule has 0 saturated heterocycles. The van der Waals surface area contributed by atoms with Crippen LogP contribution >= 0.6 is 0 Å². The predicted octanol–water partition coefficient (Wildman–Crippen LogP) is 1.56. The van der Waals surface area contributed by atoms with Gasteiger partial charge in [-0.15, -0.1) is 0 Å². The Morgan fingerprint density at radius 2 is 2.00 bits per heavy atom. The number of rotatable bonds is 2. The molecule has 0 aliphatic carbocycles. The van der Waals surface area contributed by atoms with E-state index in [9.17, 15) is 17.6 Å².